The van der Waals surface area contributed by atoms with Crippen LogP contribution in [-0.2, 0) is 0 Å². The largest absolute Gasteiger partial charge is 0.573 e. The topological polar surface area (TPSA) is 39.2 Å². The maximum absolute atomic E-state index is 12.2. The molecular weight excluding hydrogens is 271 g/mol. The number of carbonyl (C=O) groups is 1. The molecule has 0 aliphatic rings. The van der Waals surface area contributed by atoms with Gasteiger partial charge in [0.25, 0.3) is 0 Å². The summed E-state index contributed by atoms with van der Waals surface area (Å²) in [6, 6.07) is 6.79. The van der Waals surface area contributed by atoms with Gasteiger partial charge in [-0.3, -0.25) is 9.78 Å². The van der Waals surface area contributed by atoms with E-state index in [1.54, 1.807) is 19.1 Å². The lowest BCUT2D eigenvalue weighted by Gasteiger charge is -2.11. The minimum absolute atomic E-state index is 0.153. The average molecular weight is 281 g/mol. The van der Waals surface area contributed by atoms with Gasteiger partial charge in [0.15, 0.2) is 5.78 Å². The molecule has 0 N–H and O–H groups in total. The highest BCUT2D eigenvalue weighted by atomic mass is 19.4. The third kappa shape index (κ3) is 3.34. The highest BCUT2D eigenvalue weighted by molar-refractivity contribution is 6.09. The number of ketones is 1. The molecule has 0 unspecified atom stereocenters. The zero-order valence-corrected chi connectivity index (χ0v) is 10.4. The SMILES string of the molecule is Cc1ccc(OC(F)(F)F)cc1C(=O)c1cccnc1. The Hall–Kier alpha value is -2.37. The fraction of sp³-hybridized carbons (Fsp3) is 0.143. The third-order valence-electron chi connectivity index (χ3n) is 2.61. The van der Waals surface area contributed by atoms with Crippen molar-refractivity contribution in [2.24, 2.45) is 0 Å². The zero-order valence-electron chi connectivity index (χ0n) is 10.4. The number of hydrogen-bond donors (Lipinski definition) is 0. The van der Waals surface area contributed by atoms with Gasteiger partial charge in [-0.1, -0.05) is 6.07 Å². The first kappa shape index (κ1) is 14.0. The van der Waals surface area contributed by atoms with Crippen molar-refractivity contribution in [2.45, 2.75) is 13.3 Å². The van der Waals surface area contributed by atoms with Crippen molar-refractivity contribution < 1.29 is 22.7 Å². The number of alkyl halides is 3. The maximum atomic E-state index is 12.2. The Morgan fingerprint density at radius 3 is 2.60 bits per heavy atom. The molecule has 1 aromatic heterocycles. The van der Waals surface area contributed by atoms with Gasteiger partial charge in [0, 0.05) is 23.5 Å². The van der Waals surface area contributed by atoms with Crippen molar-refractivity contribution in [3.05, 3.63) is 59.4 Å². The number of aryl methyl sites for hydroxylation is 1. The number of halogens is 3. The van der Waals surface area contributed by atoms with Crippen LogP contribution in [0.1, 0.15) is 21.5 Å². The van der Waals surface area contributed by atoms with Crippen LogP contribution in [0.3, 0.4) is 0 Å². The number of ether oxygens (including phenoxy) is 1. The molecule has 20 heavy (non-hydrogen) atoms. The Kier molecular flexibility index (Phi) is 3.74. The summed E-state index contributed by atoms with van der Waals surface area (Å²) in [5.74, 6) is -0.821. The van der Waals surface area contributed by atoms with Crippen LogP contribution in [0.15, 0.2) is 42.7 Å². The molecule has 0 aliphatic heterocycles. The summed E-state index contributed by atoms with van der Waals surface area (Å²) in [6.45, 7) is 1.64. The molecule has 0 aliphatic carbocycles. The van der Waals surface area contributed by atoms with Crippen molar-refractivity contribution >= 4 is 5.78 Å². The van der Waals surface area contributed by atoms with Crippen LogP contribution in [0.25, 0.3) is 0 Å². The molecule has 0 spiro atoms. The Morgan fingerprint density at radius 2 is 2.00 bits per heavy atom. The summed E-state index contributed by atoms with van der Waals surface area (Å²) < 4.78 is 40.4. The lowest BCUT2D eigenvalue weighted by Crippen LogP contribution is -2.17. The molecule has 3 nitrogen and oxygen atoms in total. The smallest absolute Gasteiger partial charge is 0.406 e. The Bertz CT molecular complexity index is 624. The van der Waals surface area contributed by atoms with Gasteiger partial charge in [0.05, 0.1) is 0 Å². The summed E-state index contributed by atoms with van der Waals surface area (Å²) in [5, 5.41) is 0. The van der Waals surface area contributed by atoms with E-state index in [-0.39, 0.29) is 5.56 Å². The number of hydrogen-bond acceptors (Lipinski definition) is 3. The summed E-state index contributed by atoms with van der Waals surface area (Å²) >= 11 is 0. The molecule has 2 aromatic rings. The first-order valence-electron chi connectivity index (χ1n) is 5.68. The monoisotopic (exact) mass is 281 g/mol. The second kappa shape index (κ2) is 5.32. The minimum Gasteiger partial charge on any atom is -0.406 e. The van der Waals surface area contributed by atoms with Crippen LogP contribution in [0, 0.1) is 6.92 Å². The summed E-state index contributed by atoms with van der Waals surface area (Å²) in [7, 11) is 0. The van der Waals surface area contributed by atoms with Crippen molar-refractivity contribution in [1.82, 2.24) is 4.98 Å². The molecule has 104 valence electrons. The average Bonchev–Trinajstić information content (AvgIpc) is 2.40. The summed E-state index contributed by atoms with van der Waals surface area (Å²) in [6.07, 6.45) is -1.92. The van der Waals surface area contributed by atoms with Crippen molar-refractivity contribution in [3.8, 4) is 5.75 Å². The molecule has 1 heterocycles. The predicted octanol–water partition coefficient (Wildman–Crippen LogP) is 3.52. The fourth-order valence-electron chi connectivity index (χ4n) is 1.70. The Labute approximate surface area is 113 Å². The van der Waals surface area contributed by atoms with Gasteiger partial charge in [-0.2, -0.15) is 0 Å². The van der Waals surface area contributed by atoms with Crippen LogP contribution in [0.2, 0.25) is 0 Å². The maximum Gasteiger partial charge on any atom is 0.573 e. The molecule has 0 amide bonds. The van der Waals surface area contributed by atoms with E-state index in [9.17, 15) is 18.0 Å². The van der Waals surface area contributed by atoms with Gasteiger partial charge in [-0.15, -0.1) is 13.2 Å². The molecule has 0 radical (unpaired) electrons. The Morgan fingerprint density at radius 1 is 1.25 bits per heavy atom. The molecule has 6 heteroatoms. The predicted molar refractivity (Wildman–Crippen MR) is 65.5 cm³/mol. The van der Waals surface area contributed by atoms with E-state index >= 15 is 0 Å². The van der Waals surface area contributed by atoms with Crippen LogP contribution in [0.5, 0.6) is 5.75 Å². The quantitative estimate of drug-likeness (QED) is 0.808. The number of nitrogens with zero attached hydrogens (tertiary/aromatic N) is 1. The van der Waals surface area contributed by atoms with Gasteiger partial charge in [-0.25, -0.2) is 0 Å². The van der Waals surface area contributed by atoms with Crippen LogP contribution >= 0.6 is 0 Å². The Balaban J connectivity index is 2.36. The second-order valence-corrected chi connectivity index (χ2v) is 4.10. The first-order valence-corrected chi connectivity index (χ1v) is 5.68. The molecule has 0 atom stereocenters. The summed E-state index contributed by atoms with van der Waals surface area (Å²) in [4.78, 5) is 16.0. The van der Waals surface area contributed by atoms with E-state index in [2.05, 4.69) is 9.72 Å². The molecule has 1 aromatic carbocycles. The van der Waals surface area contributed by atoms with Gasteiger partial charge in [0.1, 0.15) is 5.75 Å². The lowest BCUT2D eigenvalue weighted by molar-refractivity contribution is -0.274. The molecule has 2 rings (SSSR count). The molecule has 0 bridgehead atoms. The van der Waals surface area contributed by atoms with E-state index < -0.39 is 17.9 Å². The van der Waals surface area contributed by atoms with E-state index in [4.69, 9.17) is 0 Å². The lowest BCUT2D eigenvalue weighted by atomic mass is 10.00. The van der Waals surface area contributed by atoms with E-state index in [0.29, 0.717) is 11.1 Å². The van der Waals surface area contributed by atoms with Crippen molar-refractivity contribution in [1.29, 1.82) is 0 Å². The van der Waals surface area contributed by atoms with Crippen molar-refractivity contribution in [2.75, 3.05) is 0 Å². The molecule has 0 saturated heterocycles. The fourth-order valence-corrected chi connectivity index (χ4v) is 1.70. The van der Waals surface area contributed by atoms with Gasteiger partial charge >= 0.3 is 6.36 Å². The van der Waals surface area contributed by atoms with Gasteiger partial charge in [0.2, 0.25) is 0 Å². The van der Waals surface area contributed by atoms with Gasteiger partial charge < -0.3 is 4.74 Å². The molecule has 0 saturated carbocycles. The zero-order chi connectivity index (χ0) is 14.8. The standard InChI is InChI=1S/C14H10F3NO2/c1-9-4-5-11(20-14(15,16)17)7-12(9)13(19)10-3-2-6-18-8-10/h2-8H,1H3. The van der Waals surface area contributed by atoms with Crippen LogP contribution in [0.4, 0.5) is 13.2 Å². The number of rotatable bonds is 3. The minimum atomic E-state index is -4.79. The third-order valence-corrected chi connectivity index (χ3v) is 2.61. The molecular formula is C14H10F3NO2. The first-order chi connectivity index (χ1) is 9.37. The second-order valence-electron chi connectivity index (χ2n) is 4.10. The van der Waals surface area contributed by atoms with E-state index in [1.165, 1.54) is 24.5 Å². The highest BCUT2D eigenvalue weighted by Gasteiger charge is 2.31. The normalized spacial score (nSPS) is 11.2. The van der Waals surface area contributed by atoms with Gasteiger partial charge in [-0.05, 0) is 36.8 Å². The number of benzene rings is 1. The highest BCUT2D eigenvalue weighted by Crippen LogP contribution is 2.26. The van der Waals surface area contributed by atoms with E-state index in [1.807, 2.05) is 0 Å². The van der Waals surface area contributed by atoms with E-state index in [0.717, 1.165) is 6.07 Å². The van der Waals surface area contributed by atoms with Crippen LogP contribution < -0.4 is 4.74 Å². The summed E-state index contributed by atoms with van der Waals surface area (Å²) in [5.41, 5.74) is 1.02. The van der Waals surface area contributed by atoms with Crippen molar-refractivity contribution in [3.63, 3.8) is 0 Å². The molecule has 0 fully saturated rings. The number of carbonyl (C=O) groups excluding carboxylic acids is 1. The number of aromatic nitrogens is 1. The number of pyridine rings is 1. The van der Waals surface area contributed by atoms with Crippen LogP contribution in [-0.4, -0.2) is 17.1 Å².